The second kappa shape index (κ2) is 7.81. The third-order valence-electron chi connectivity index (χ3n) is 3.61. The Labute approximate surface area is 146 Å². The molecule has 1 amide bonds. The second-order valence-electron chi connectivity index (χ2n) is 5.62. The van der Waals surface area contributed by atoms with Crippen molar-refractivity contribution in [1.82, 2.24) is 5.32 Å². The monoisotopic (exact) mass is 367 g/mol. The number of methoxy groups -OCH3 is 1. The maximum Gasteiger partial charge on any atom is 0.222 e. The van der Waals surface area contributed by atoms with Crippen LogP contribution in [0, 0.1) is 5.92 Å². The Morgan fingerprint density at radius 1 is 1.21 bits per heavy atom. The molecule has 0 bridgehead atoms. The van der Waals surface area contributed by atoms with Crippen molar-refractivity contribution in [3.63, 3.8) is 0 Å². The summed E-state index contributed by atoms with van der Waals surface area (Å²) in [6.07, 6.45) is 0. The summed E-state index contributed by atoms with van der Waals surface area (Å²) in [6.45, 7) is 3.59. The fourth-order valence-electron chi connectivity index (χ4n) is 2.16. The zero-order valence-electron chi connectivity index (χ0n) is 13.9. The van der Waals surface area contributed by atoms with E-state index in [1.54, 1.807) is 38.1 Å². The minimum atomic E-state index is -3.63. The molecule has 0 saturated heterocycles. The number of nitrogens with one attached hydrogen (secondary N) is 1. The highest BCUT2D eigenvalue weighted by Crippen LogP contribution is 2.32. The van der Waals surface area contributed by atoms with Crippen molar-refractivity contribution in [3.8, 4) is 5.75 Å². The predicted octanol–water partition coefficient (Wildman–Crippen LogP) is 3.04. The minimum Gasteiger partial charge on any atom is -0.497 e. The van der Waals surface area contributed by atoms with Crippen LogP contribution in [0.1, 0.15) is 24.0 Å². The summed E-state index contributed by atoms with van der Waals surface area (Å²) in [5, 5.41) is 3.75. The Balaban J connectivity index is 2.32. The number of amides is 1. The Bertz CT molecular complexity index is 765. The van der Waals surface area contributed by atoms with Gasteiger partial charge in [0.2, 0.25) is 5.91 Å². The van der Waals surface area contributed by atoms with E-state index in [1.807, 2.05) is 5.38 Å². The highest BCUT2D eigenvalue weighted by Gasteiger charge is 2.30. The first kappa shape index (κ1) is 18.5. The first-order valence-electron chi connectivity index (χ1n) is 7.55. The lowest BCUT2D eigenvalue weighted by Crippen LogP contribution is -2.34. The van der Waals surface area contributed by atoms with Crippen molar-refractivity contribution in [1.29, 1.82) is 0 Å². The van der Waals surface area contributed by atoms with Crippen LogP contribution in [0.3, 0.4) is 0 Å². The van der Waals surface area contributed by atoms with Crippen molar-refractivity contribution in [3.05, 3.63) is 46.7 Å². The first-order chi connectivity index (χ1) is 11.4. The van der Waals surface area contributed by atoms with Crippen LogP contribution < -0.4 is 10.1 Å². The van der Waals surface area contributed by atoms with Crippen LogP contribution in [0.2, 0.25) is 0 Å². The van der Waals surface area contributed by atoms with Gasteiger partial charge in [0, 0.05) is 17.3 Å². The van der Waals surface area contributed by atoms with Crippen molar-refractivity contribution in [2.45, 2.75) is 24.0 Å². The number of carbonyl (C=O) groups is 1. The molecule has 0 fully saturated rings. The normalized spacial score (nSPS) is 12.8. The lowest BCUT2D eigenvalue weighted by molar-refractivity contribution is -0.123. The number of hydrogen-bond donors (Lipinski definition) is 1. The Hall–Kier alpha value is -1.86. The number of ether oxygens (including phenoxy) is 1. The molecule has 1 aromatic carbocycles. The average molecular weight is 367 g/mol. The van der Waals surface area contributed by atoms with E-state index >= 15 is 0 Å². The van der Waals surface area contributed by atoms with Gasteiger partial charge in [-0.3, -0.25) is 4.79 Å². The molecule has 0 aliphatic rings. The molecular weight excluding hydrogens is 346 g/mol. The third kappa shape index (κ3) is 4.15. The minimum absolute atomic E-state index is 0.0475. The third-order valence-corrected chi connectivity index (χ3v) is 6.84. The molecule has 2 rings (SSSR count). The highest BCUT2D eigenvalue weighted by atomic mass is 32.2. The van der Waals surface area contributed by atoms with E-state index in [4.69, 9.17) is 4.74 Å². The predicted molar refractivity (Wildman–Crippen MR) is 95.1 cm³/mol. The Morgan fingerprint density at radius 3 is 2.38 bits per heavy atom. The van der Waals surface area contributed by atoms with Crippen molar-refractivity contribution < 1.29 is 17.9 Å². The Kier molecular flexibility index (Phi) is 6.01. The maximum absolute atomic E-state index is 13.0. The van der Waals surface area contributed by atoms with Crippen molar-refractivity contribution in [2.24, 2.45) is 5.92 Å². The molecule has 5 nitrogen and oxygen atoms in total. The van der Waals surface area contributed by atoms with Gasteiger partial charge in [0.05, 0.1) is 12.0 Å². The lowest BCUT2D eigenvalue weighted by Gasteiger charge is -2.18. The van der Waals surface area contributed by atoms with Crippen LogP contribution in [0.4, 0.5) is 0 Å². The summed E-state index contributed by atoms with van der Waals surface area (Å²) in [4.78, 5) is 12.8. The highest BCUT2D eigenvalue weighted by molar-refractivity contribution is 7.91. The van der Waals surface area contributed by atoms with Gasteiger partial charge >= 0.3 is 0 Å². The van der Waals surface area contributed by atoms with E-state index in [9.17, 15) is 13.2 Å². The molecule has 1 N–H and O–H groups in total. The maximum atomic E-state index is 13.0. The fourth-order valence-corrected chi connectivity index (χ4v) is 4.95. The molecule has 0 saturated carbocycles. The second-order valence-corrected chi connectivity index (χ2v) is 8.73. The largest absolute Gasteiger partial charge is 0.497 e. The van der Waals surface area contributed by atoms with Crippen LogP contribution in [0.5, 0.6) is 5.75 Å². The van der Waals surface area contributed by atoms with Crippen LogP contribution in [0.15, 0.2) is 46.7 Å². The van der Waals surface area contributed by atoms with Crippen molar-refractivity contribution in [2.75, 3.05) is 13.7 Å². The SMILES string of the molecule is COc1ccc(S(=O)(=O)C(CNC(=O)C(C)C)c2cccs2)cc1. The standard InChI is InChI=1S/C17H21NO4S2/c1-12(2)17(19)18-11-16(15-5-4-10-23-15)24(20,21)14-8-6-13(22-3)7-9-14/h4-10,12,16H,11H2,1-3H3,(H,18,19). The van der Waals surface area contributed by atoms with Crippen LogP contribution in [0.25, 0.3) is 0 Å². The summed E-state index contributed by atoms with van der Waals surface area (Å²) in [5.41, 5.74) is 0. The van der Waals surface area contributed by atoms with Gasteiger partial charge in [-0.2, -0.15) is 0 Å². The van der Waals surface area contributed by atoms with Gasteiger partial charge in [0.1, 0.15) is 11.0 Å². The molecule has 0 aliphatic heterocycles. The number of sulfone groups is 1. The summed E-state index contributed by atoms with van der Waals surface area (Å²) >= 11 is 1.37. The smallest absolute Gasteiger partial charge is 0.222 e. The molecule has 1 unspecified atom stereocenters. The summed E-state index contributed by atoms with van der Waals surface area (Å²) in [7, 11) is -2.10. The average Bonchev–Trinajstić information content (AvgIpc) is 3.08. The summed E-state index contributed by atoms with van der Waals surface area (Å²) < 4.78 is 31.1. The van der Waals surface area contributed by atoms with Crippen LogP contribution >= 0.6 is 11.3 Å². The molecule has 1 atom stereocenters. The first-order valence-corrected chi connectivity index (χ1v) is 9.98. The van der Waals surface area contributed by atoms with E-state index in [0.29, 0.717) is 10.6 Å². The molecular formula is C17H21NO4S2. The van der Waals surface area contributed by atoms with E-state index in [2.05, 4.69) is 5.32 Å². The molecule has 1 aromatic heterocycles. The quantitative estimate of drug-likeness (QED) is 0.816. The number of thiophene rings is 1. The zero-order chi connectivity index (χ0) is 17.7. The van der Waals surface area contributed by atoms with E-state index in [1.165, 1.54) is 30.6 Å². The van der Waals surface area contributed by atoms with Crippen LogP contribution in [-0.2, 0) is 14.6 Å². The molecule has 24 heavy (non-hydrogen) atoms. The van der Waals surface area contributed by atoms with Gasteiger partial charge in [-0.15, -0.1) is 11.3 Å². The molecule has 7 heteroatoms. The van der Waals surface area contributed by atoms with Crippen molar-refractivity contribution >= 4 is 27.1 Å². The fraction of sp³-hybridized carbons (Fsp3) is 0.353. The molecule has 130 valence electrons. The van der Waals surface area contributed by atoms with E-state index in [0.717, 1.165) is 0 Å². The zero-order valence-corrected chi connectivity index (χ0v) is 15.5. The van der Waals surface area contributed by atoms with Crippen LogP contribution in [-0.4, -0.2) is 28.0 Å². The number of hydrogen-bond acceptors (Lipinski definition) is 5. The van der Waals surface area contributed by atoms with Gasteiger partial charge in [-0.25, -0.2) is 8.42 Å². The number of benzene rings is 1. The molecule has 1 heterocycles. The number of carbonyl (C=O) groups excluding carboxylic acids is 1. The molecule has 0 spiro atoms. The molecule has 0 radical (unpaired) electrons. The summed E-state index contributed by atoms with van der Waals surface area (Å²) in [5.74, 6) is 0.230. The van der Waals surface area contributed by atoms with Gasteiger partial charge in [-0.1, -0.05) is 19.9 Å². The number of rotatable bonds is 7. The van der Waals surface area contributed by atoms with Gasteiger partial charge in [-0.05, 0) is 35.7 Å². The Morgan fingerprint density at radius 2 is 1.88 bits per heavy atom. The van der Waals surface area contributed by atoms with Gasteiger partial charge in [0.25, 0.3) is 0 Å². The van der Waals surface area contributed by atoms with E-state index < -0.39 is 15.1 Å². The molecule has 2 aromatic rings. The summed E-state index contributed by atoms with van der Waals surface area (Å²) in [6, 6.07) is 9.87. The van der Waals surface area contributed by atoms with Gasteiger partial charge in [0.15, 0.2) is 9.84 Å². The van der Waals surface area contributed by atoms with E-state index in [-0.39, 0.29) is 23.3 Å². The molecule has 0 aliphatic carbocycles. The lowest BCUT2D eigenvalue weighted by atomic mass is 10.2. The van der Waals surface area contributed by atoms with Gasteiger partial charge < -0.3 is 10.1 Å². The topological polar surface area (TPSA) is 72.5 Å².